The number of carbonyl (C=O) groups excluding carboxylic acids is 2. The van der Waals surface area contributed by atoms with Crippen molar-refractivity contribution in [3.8, 4) is 5.75 Å². The summed E-state index contributed by atoms with van der Waals surface area (Å²) in [6, 6.07) is 16.1. The Kier molecular flexibility index (Phi) is 6.63. The number of nitrogens with zero attached hydrogens (tertiary/aromatic N) is 5. The molecule has 0 radical (unpaired) electrons. The molecule has 0 N–H and O–H groups in total. The topological polar surface area (TPSA) is 97.6 Å². The van der Waals surface area contributed by atoms with E-state index >= 15 is 0 Å². The van der Waals surface area contributed by atoms with Gasteiger partial charge in [-0.25, -0.2) is 14.4 Å². The maximum atomic E-state index is 13.5. The van der Waals surface area contributed by atoms with Gasteiger partial charge in [0.1, 0.15) is 17.1 Å². The molecule has 1 fully saturated rings. The monoisotopic (exact) mass is 501 g/mol. The van der Waals surface area contributed by atoms with E-state index in [1.807, 2.05) is 12.1 Å². The number of piperazine rings is 1. The van der Waals surface area contributed by atoms with Crippen molar-refractivity contribution < 1.29 is 18.7 Å². The number of fused-ring (bicyclic) bond motifs is 1. The molecule has 1 aliphatic rings. The zero-order valence-electron chi connectivity index (χ0n) is 20.1. The number of benzene rings is 2. The van der Waals surface area contributed by atoms with Gasteiger partial charge in [-0.3, -0.25) is 19.0 Å². The lowest BCUT2D eigenvalue weighted by Crippen LogP contribution is -2.51. The molecule has 4 aromatic rings. The predicted molar refractivity (Wildman–Crippen MR) is 134 cm³/mol. The normalized spacial score (nSPS) is 13.6. The Morgan fingerprint density at radius 3 is 2.22 bits per heavy atom. The molecule has 1 saturated heterocycles. The van der Waals surface area contributed by atoms with E-state index < -0.39 is 17.3 Å². The van der Waals surface area contributed by atoms with Crippen LogP contribution < -0.4 is 10.3 Å². The van der Waals surface area contributed by atoms with Gasteiger partial charge < -0.3 is 14.5 Å². The second-order valence-electron chi connectivity index (χ2n) is 8.64. The maximum Gasteiger partial charge on any atom is 0.284 e. The van der Waals surface area contributed by atoms with E-state index in [2.05, 4.69) is 9.97 Å². The van der Waals surface area contributed by atoms with Gasteiger partial charge >= 0.3 is 0 Å². The van der Waals surface area contributed by atoms with Crippen molar-refractivity contribution in [1.82, 2.24) is 24.3 Å². The summed E-state index contributed by atoms with van der Waals surface area (Å²) in [5.74, 6) is -0.443. The summed E-state index contributed by atoms with van der Waals surface area (Å²) >= 11 is 0. The van der Waals surface area contributed by atoms with E-state index in [4.69, 9.17) is 4.74 Å². The van der Waals surface area contributed by atoms with Gasteiger partial charge in [0, 0.05) is 37.9 Å². The van der Waals surface area contributed by atoms with Gasteiger partial charge in [0.2, 0.25) is 0 Å². The smallest absolute Gasteiger partial charge is 0.284 e. The average Bonchev–Trinajstić information content (AvgIpc) is 2.94. The number of rotatable bonds is 5. The summed E-state index contributed by atoms with van der Waals surface area (Å²) < 4.78 is 19.8. The van der Waals surface area contributed by atoms with E-state index in [0.717, 1.165) is 5.56 Å². The van der Waals surface area contributed by atoms with Crippen LogP contribution in [-0.4, -0.2) is 69.4 Å². The Morgan fingerprint density at radius 1 is 0.919 bits per heavy atom. The number of hydrogen-bond donors (Lipinski definition) is 0. The number of amides is 2. The quantitative estimate of drug-likeness (QED) is 0.417. The fourth-order valence-electron chi connectivity index (χ4n) is 4.31. The maximum absolute atomic E-state index is 13.5. The van der Waals surface area contributed by atoms with Crippen LogP contribution in [-0.2, 0) is 6.54 Å². The van der Waals surface area contributed by atoms with E-state index in [9.17, 15) is 18.8 Å². The lowest BCUT2D eigenvalue weighted by atomic mass is 10.1. The molecule has 2 amide bonds. The molecule has 37 heavy (non-hydrogen) atoms. The minimum Gasteiger partial charge on any atom is -0.497 e. The Labute approximate surface area is 211 Å². The van der Waals surface area contributed by atoms with Crippen molar-refractivity contribution in [1.29, 1.82) is 0 Å². The molecule has 0 bridgehead atoms. The van der Waals surface area contributed by atoms with Crippen LogP contribution >= 0.6 is 0 Å². The average molecular weight is 502 g/mol. The highest BCUT2D eigenvalue weighted by molar-refractivity contribution is 5.95. The highest BCUT2D eigenvalue weighted by Crippen LogP contribution is 2.16. The fourth-order valence-corrected chi connectivity index (χ4v) is 4.31. The molecular formula is C27H24FN5O4. The number of halogens is 1. The Morgan fingerprint density at radius 2 is 1.57 bits per heavy atom. The Bertz CT molecular complexity index is 1510. The van der Waals surface area contributed by atoms with Gasteiger partial charge in [-0.05, 0) is 54.1 Å². The van der Waals surface area contributed by atoms with Crippen molar-refractivity contribution >= 4 is 23.0 Å². The largest absolute Gasteiger partial charge is 0.497 e. The highest BCUT2D eigenvalue weighted by atomic mass is 19.1. The summed E-state index contributed by atoms with van der Waals surface area (Å²) in [7, 11) is 1.58. The zero-order valence-corrected chi connectivity index (χ0v) is 20.1. The minimum atomic E-state index is -0.531. The second-order valence-corrected chi connectivity index (χ2v) is 8.64. The van der Waals surface area contributed by atoms with Gasteiger partial charge in [-0.2, -0.15) is 0 Å². The summed E-state index contributed by atoms with van der Waals surface area (Å²) in [6.07, 6.45) is 1.58. The minimum absolute atomic E-state index is 0.188. The van der Waals surface area contributed by atoms with Crippen molar-refractivity contribution in [3.05, 3.63) is 99.9 Å². The molecule has 0 unspecified atom stereocenters. The third-order valence-electron chi connectivity index (χ3n) is 6.35. The Hall–Kier alpha value is -4.60. The number of aromatic nitrogens is 3. The molecule has 10 heteroatoms. The zero-order chi connectivity index (χ0) is 25.9. The molecule has 0 spiro atoms. The van der Waals surface area contributed by atoms with Gasteiger partial charge in [0.15, 0.2) is 11.3 Å². The molecule has 188 valence electrons. The highest BCUT2D eigenvalue weighted by Gasteiger charge is 2.28. The molecule has 2 aromatic carbocycles. The molecule has 9 nitrogen and oxygen atoms in total. The van der Waals surface area contributed by atoms with Gasteiger partial charge in [0.05, 0.1) is 13.7 Å². The van der Waals surface area contributed by atoms with Gasteiger partial charge in [-0.15, -0.1) is 0 Å². The first-order valence-corrected chi connectivity index (χ1v) is 11.8. The van der Waals surface area contributed by atoms with Gasteiger partial charge in [-0.1, -0.05) is 12.1 Å². The van der Waals surface area contributed by atoms with Crippen molar-refractivity contribution in [2.75, 3.05) is 33.3 Å². The molecule has 2 aromatic heterocycles. The lowest BCUT2D eigenvalue weighted by Gasteiger charge is -2.34. The van der Waals surface area contributed by atoms with Crippen LogP contribution in [0.3, 0.4) is 0 Å². The molecule has 1 aliphatic heterocycles. The van der Waals surface area contributed by atoms with Gasteiger partial charge in [0.25, 0.3) is 17.4 Å². The van der Waals surface area contributed by atoms with E-state index in [0.29, 0.717) is 22.5 Å². The predicted octanol–water partition coefficient (Wildman–Crippen LogP) is 2.59. The van der Waals surface area contributed by atoms with Crippen LogP contribution in [0.15, 0.2) is 71.7 Å². The number of methoxy groups -OCH3 is 1. The summed E-state index contributed by atoms with van der Waals surface area (Å²) in [5, 5.41) is 0. The standard InChI is InChI=1S/C27H24FN5O4/c1-37-21-10-4-18(5-11-21)17-33-24-22(3-2-12-29-24)30-23(27(33)36)26(35)32-15-13-31(14-16-32)25(34)19-6-8-20(28)9-7-19/h2-12H,13-17H2,1H3. The first-order valence-electron chi connectivity index (χ1n) is 11.8. The fraction of sp³-hybridized carbons (Fsp3) is 0.222. The SMILES string of the molecule is COc1ccc(Cn2c(=O)c(C(=O)N3CCN(C(=O)c4ccc(F)cc4)CC3)nc3cccnc32)cc1. The Balaban J connectivity index is 1.38. The van der Waals surface area contributed by atoms with E-state index in [1.165, 1.54) is 33.7 Å². The number of carbonyl (C=O) groups is 2. The molecular weight excluding hydrogens is 477 g/mol. The molecule has 5 rings (SSSR count). The second kappa shape index (κ2) is 10.2. The van der Waals surface area contributed by atoms with Crippen LogP contribution in [0.1, 0.15) is 26.4 Å². The van der Waals surface area contributed by atoms with Crippen LogP contribution in [0, 0.1) is 5.82 Å². The van der Waals surface area contributed by atoms with Crippen LogP contribution in [0.4, 0.5) is 4.39 Å². The third kappa shape index (κ3) is 4.90. The molecule has 0 atom stereocenters. The van der Waals surface area contributed by atoms with Crippen LogP contribution in [0.2, 0.25) is 0 Å². The summed E-state index contributed by atoms with van der Waals surface area (Å²) in [5.41, 5.74) is 1.32. The number of hydrogen-bond acceptors (Lipinski definition) is 6. The number of pyridine rings is 1. The van der Waals surface area contributed by atoms with Crippen LogP contribution in [0.25, 0.3) is 11.2 Å². The van der Waals surface area contributed by atoms with Crippen molar-refractivity contribution in [2.45, 2.75) is 6.54 Å². The third-order valence-corrected chi connectivity index (χ3v) is 6.35. The molecule has 0 aliphatic carbocycles. The first kappa shape index (κ1) is 24.1. The first-order chi connectivity index (χ1) is 17.9. The summed E-state index contributed by atoms with van der Waals surface area (Å²) in [4.78, 5) is 51.4. The molecule has 0 saturated carbocycles. The summed E-state index contributed by atoms with van der Waals surface area (Å²) in [6.45, 7) is 1.28. The van der Waals surface area contributed by atoms with Crippen LogP contribution in [0.5, 0.6) is 5.75 Å². The lowest BCUT2D eigenvalue weighted by molar-refractivity contribution is 0.0531. The van der Waals surface area contributed by atoms with Crippen molar-refractivity contribution in [2.24, 2.45) is 0 Å². The van der Waals surface area contributed by atoms with E-state index in [-0.39, 0.29) is 44.3 Å². The van der Waals surface area contributed by atoms with E-state index in [1.54, 1.807) is 42.5 Å². The molecule has 3 heterocycles. The van der Waals surface area contributed by atoms with Crippen molar-refractivity contribution in [3.63, 3.8) is 0 Å². The number of ether oxygens (including phenoxy) is 1.